The summed E-state index contributed by atoms with van der Waals surface area (Å²) in [5.41, 5.74) is -0.600. The zero-order valence-corrected chi connectivity index (χ0v) is 22.3. The fourth-order valence-electron chi connectivity index (χ4n) is 4.75. The highest BCUT2D eigenvalue weighted by molar-refractivity contribution is 5.87. The Morgan fingerprint density at radius 1 is 1.22 bits per heavy atom. The number of fused-ring (bicyclic) bond motifs is 1. The molecule has 0 saturated carbocycles. The van der Waals surface area contributed by atoms with E-state index in [9.17, 15) is 18.0 Å². The number of piperidine rings is 1. The average molecular weight is 541 g/mol. The lowest BCUT2D eigenvalue weighted by molar-refractivity contribution is -0.139. The third-order valence-electron chi connectivity index (χ3n) is 6.82. The summed E-state index contributed by atoms with van der Waals surface area (Å²) < 4.78 is 45.9. The van der Waals surface area contributed by atoms with Crippen LogP contribution in [0.3, 0.4) is 0 Å². The predicted octanol–water partition coefficient (Wildman–Crippen LogP) is 5.05. The van der Waals surface area contributed by atoms with E-state index in [1.54, 1.807) is 6.07 Å². The molecule has 0 radical (unpaired) electrons. The highest BCUT2D eigenvalue weighted by atomic mass is 35.5. The van der Waals surface area contributed by atoms with E-state index in [2.05, 4.69) is 34.3 Å². The number of hydrogen-bond acceptors (Lipinski definition) is 5. The van der Waals surface area contributed by atoms with Crippen molar-refractivity contribution < 1.29 is 22.7 Å². The number of halogens is 4. The fraction of sp³-hybridized carbons (Fsp3) is 0.519. The zero-order valence-electron chi connectivity index (χ0n) is 21.5. The van der Waals surface area contributed by atoms with Gasteiger partial charge in [0.05, 0.1) is 17.8 Å². The molecule has 4 rings (SSSR count). The Balaban J connectivity index is 0.00000380. The van der Waals surface area contributed by atoms with E-state index >= 15 is 0 Å². The number of carbonyl (C=O) groups is 1. The summed E-state index contributed by atoms with van der Waals surface area (Å²) >= 11 is 0. The lowest BCUT2D eigenvalue weighted by Crippen LogP contribution is -2.64. The molecule has 1 amide bonds. The van der Waals surface area contributed by atoms with Crippen molar-refractivity contribution in [3.63, 3.8) is 0 Å². The summed E-state index contributed by atoms with van der Waals surface area (Å²) in [5.74, 6) is 1.18. The first-order valence-corrected chi connectivity index (χ1v) is 12.6. The number of alkyl halides is 3. The number of rotatable bonds is 7. The molecule has 0 spiro atoms. The Labute approximate surface area is 223 Å². The van der Waals surface area contributed by atoms with Crippen LogP contribution < -0.4 is 15.4 Å². The highest BCUT2D eigenvalue weighted by Crippen LogP contribution is 2.37. The van der Waals surface area contributed by atoms with Gasteiger partial charge in [0, 0.05) is 38.7 Å². The van der Waals surface area contributed by atoms with Gasteiger partial charge in [0.2, 0.25) is 5.91 Å². The molecule has 3 aliphatic heterocycles. The van der Waals surface area contributed by atoms with Crippen molar-refractivity contribution in [3.05, 3.63) is 65.8 Å². The number of likely N-dealkylation sites (tertiary alicyclic amines) is 1. The minimum Gasteiger partial charge on any atom is -0.490 e. The molecule has 1 saturated heterocycles. The highest BCUT2D eigenvalue weighted by Gasteiger charge is 2.42. The molecule has 3 aliphatic rings. The Hall–Kier alpha value is -2.81. The second-order valence-electron chi connectivity index (χ2n) is 10.3. The van der Waals surface area contributed by atoms with Gasteiger partial charge in [0.1, 0.15) is 23.2 Å². The number of nitrogens with zero attached hydrogens (tertiary/aromatic N) is 2. The zero-order chi connectivity index (χ0) is 25.9. The summed E-state index contributed by atoms with van der Waals surface area (Å²) in [5, 5.41) is 6.58. The number of allylic oxidation sites excluding steroid dienone is 3. The lowest BCUT2D eigenvalue weighted by atomic mass is 9.95. The number of benzene rings is 1. The average Bonchev–Trinajstić information content (AvgIpc) is 2.83. The molecule has 0 aromatic heterocycles. The number of carbonyl (C=O) groups excluding carboxylic acids is 1. The van der Waals surface area contributed by atoms with Crippen LogP contribution in [0.2, 0.25) is 0 Å². The van der Waals surface area contributed by atoms with Crippen molar-refractivity contribution in [3.8, 4) is 5.75 Å². The summed E-state index contributed by atoms with van der Waals surface area (Å²) in [6.45, 7) is 8.47. The molecule has 10 heteroatoms. The van der Waals surface area contributed by atoms with Crippen LogP contribution in [0.1, 0.15) is 45.6 Å². The molecule has 3 heterocycles. The van der Waals surface area contributed by atoms with E-state index in [1.165, 1.54) is 12.1 Å². The number of amides is 1. The van der Waals surface area contributed by atoms with E-state index in [-0.39, 0.29) is 30.2 Å². The second-order valence-corrected chi connectivity index (χ2v) is 10.3. The van der Waals surface area contributed by atoms with Gasteiger partial charge in [-0.15, -0.1) is 12.4 Å². The maximum Gasteiger partial charge on any atom is 0.419 e. The standard InChI is InChI=1S/C27H35F3N4O2.ClH/c1-19(2)11-14-31-25(35)26(3)18-34-15-7-6-9-22(34)24(32-26)33-16-12-20(13-17-33)36-23-10-5-4-8-21(23)27(28,29)30;/h4-10,15,19-20,32H,11-14,16-18H2,1-3H3,(H,31,35);1H. The van der Waals surface area contributed by atoms with Gasteiger partial charge in [-0.25, -0.2) is 0 Å². The Bertz CT molecular complexity index is 1050. The van der Waals surface area contributed by atoms with Crippen LogP contribution in [0.25, 0.3) is 0 Å². The van der Waals surface area contributed by atoms with Gasteiger partial charge in [-0.3, -0.25) is 4.79 Å². The maximum absolute atomic E-state index is 13.4. The van der Waals surface area contributed by atoms with Gasteiger partial charge in [-0.1, -0.05) is 32.1 Å². The van der Waals surface area contributed by atoms with Crippen LogP contribution in [-0.2, 0) is 11.0 Å². The van der Waals surface area contributed by atoms with Crippen LogP contribution in [0.5, 0.6) is 5.75 Å². The molecular weight excluding hydrogens is 505 g/mol. The molecule has 1 aromatic rings. The molecule has 37 heavy (non-hydrogen) atoms. The molecule has 204 valence electrons. The largest absolute Gasteiger partial charge is 0.490 e. The SMILES string of the molecule is CC(C)CCNC(=O)C1(C)CN2C=CC=CC2=C(N2CCC(Oc3ccccc3C(F)(F)F)CC2)N1.Cl. The third kappa shape index (κ3) is 6.74. The first kappa shape index (κ1) is 28.8. The van der Waals surface area contributed by atoms with E-state index in [4.69, 9.17) is 4.74 Å². The van der Waals surface area contributed by atoms with Crippen molar-refractivity contribution in [2.45, 2.75) is 57.9 Å². The Morgan fingerprint density at radius 3 is 2.59 bits per heavy atom. The maximum atomic E-state index is 13.4. The fourth-order valence-corrected chi connectivity index (χ4v) is 4.75. The van der Waals surface area contributed by atoms with E-state index < -0.39 is 17.3 Å². The van der Waals surface area contributed by atoms with Crippen molar-refractivity contribution in [1.82, 2.24) is 20.4 Å². The van der Waals surface area contributed by atoms with Crippen molar-refractivity contribution in [1.29, 1.82) is 0 Å². The predicted molar refractivity (Wildman–Crippen MR) is 140 cm³/mol. The molecule has 6 nitrogen and oxygen atoms in total. The first-order chi connectivity index (χ1) is 17.1. The lowest BCUT2D eigenvalue weighted by Gasteiger charge is -2.47. The normalized spacial score (nSPS) is 21.9. The second kappa shape index (κ2) is 11.7. The number of hydrogen-bond donors (Lipinski definition) is 2. The first-order valence-electron chi connectivity index (χ1n) is 12.6. The van der Waals surface area contributed by atoms with Gasteiger partial charge < -0.3 is 25.2 Å². The summed E-state index contributed by atoms with van der Waals surface area (Å²) in [6.07, 6.45) is 5.17. The minimum absolute atomic E-state index is 0. The molecule has 1 aromatic carbocycles. The molecule has 0 bridgehead atoms. The van der Waals surface area contributed by atoms with E-state index in [1.807, 2.05) is 31.4 Å². The minimum atomic E-state index is -4.46. The molecular formula is C27H36ClF3N4O2. The van der Waals surface area contributed by atoms with Crippen LogP contribution >= 0.6 is 12.4 Å². The summed E-state index contributed by atoms with van der Waals surface area (Å²) in [4.78, 5) is 17.4. The molecule has 1 atom stereocenters. The van der Waals surface area contributed by atoms with Gasteiger partial charge in [-0.05, 0) is 43.5 Å². The molecule has 1 unspecified atom stereocenters. The molecule has 2 N–H and O–H groups in total. The smallest absolute Gasteiger partial charge is 0.419 e. The number of para-hydroxylation sites is 1. The van der Waals surface area contributed by atoms with Gasteiger partial charge in [0.25, 0.3) is 0 Å². The van der Waals surface area contributed by atoms with Crippen molar-refractivity contribution >= 4 is 18.3 Å². The van der Waals surface area contributed by atoms with Crippen LogP contribution in [0.4, 0.5) is 13.2 Å². The third-order valence-corrected chi connectivity index (χ3v) is 6.82. The molecule has 1 fully saturated rings. The van der Waals surface area contributed by atoms with Crippen LogP contribution in [0.15, 0.2) is 60.2 Å². The number of nitrogens with one attached hydrogen (secondary N) is 2. The van der Waals surface area contributed by atoms with Crippen molar-refractivity contribution in [2.75, 3.05) is 26.2 Å². The summed E-state index contributed by atoms with van der Waals surface area (Å²) in [6, 6.07) is 5.35. The quantitative estimate of drug-likeness (QED) is 0.507. The van der Waals surface area contributed by atoms with Crippen LogP contribution in [0, 0.1) is 5.92 Å². The van der Waals surface area contributed by atoms with E-state index in [0.717, 1.165) is 24.0 Å². The Morgan fingerprint density at radius 2 is 1.92 bits per heavy atom. The topological polar surface area (TPSA) is 56.8 Å². The molecule has 0 aliphatic carbocycles. The monoisotopic (exact) mass is 540 g/mol. The Kier molecular flexibility index (Phi) is 9.10. The van der Waals surface area contributed by atoms with Crippen LogP contribution in [-0.4, -0.2) is 53.5 Å². The summed E-state index contributed by atoms with van der Waals surface area (Å²) in [7, 11) is 0. The van der Waals surface area contributed by atoms with Gasteiger partial charge in [0.15, 0.2) is 0 Å². The van der Waals surface area contributed by atoms with Gasteiger partial charge >= 0.3 is 6.18 Å². The number of ether oxygens (including phenoxy) is 1. The van der Waals surface area contributed by atoms with E-state index in [0.29, 0.717) is 44.9 Å². The van der Waals surface area contributed by atoms with Crippen molar-refractivity contribution in [2.24, 2.45) is 5.92 Å². The van der Waals surface area contributed by atoms with Gasteiger partial charge in [-0.2, -0.15) is 13.2 Å².